The molecule has 0 spiro atoms. The van der Waals surface area contributed by atoms with Crippen LogP contribution in [-0.4, -0.2) is 21.8 Å². The number of hydrogen-bond acceptors (Lipinski definition) is 4. The first-order valence-electron chi connectivity index (χ1n) is 11.3. The summed E-state index contributed by atoms with van der Waals surface area (Å²) in [7, 11) is 0. The number of aromatic amines is 1. The maximum atomic E-state index is 11.6. The SMILES string of the molecule is O=C1NN=C(c2ccccc2)[C@H]2CCC[C@@H]12.O=c1[nH]nc(-c2ccccc2)c2c1CCC2. The van der Waals surface area contributed by atoms with E-state index in [0.29, 0.717) is 5.92 Å². The second kappa shape index (κ2) is 8.91. The molecule has 3 aromatic rings. The van der Waals surface area contributed by atoms with Crippen LogP contribution in [0.4, 0.5) is 0 Å². The van der Waals surface area contributed by atoms with Gasteiger partial charge in [-0.2, -0.15) is 10.2 Å². The van der Waals surface area contributed by atoms with Crippen molar-refractivity contribution in [2.24, 2.45) is 16.9 Å². The van der Waals surface area contributed by atoms with Gasteiger partial charge in [-0.1, -0.05) is 67.1 Å². The summed E-state index contributed by atoms with van der Waals surface area (Å²) >= 11 is 0. The Kier molecular flexibility index (Phi) is 5.67. The Morgan fingerprint density at radius 1 is 0.750 bits per heavy atom. The first kappa shape index (κ1) is 20.4. The molecular weight excluding hydrogens is 400 g/mol. The Hall–Kier alpha value is -3.54. The molecule has 32 heavy (non-hydrogen) atoms. The molecule has 1 amide bonds. The second-order valence-corrected chi connectivity index (χ2v) is 8.56. The molecule has 162 valence electrons. The number of carbonyl (C=O) groups is 1. The molecule has 2 aliphatic carbocycles. The van der Waals surface area contributed by atoms with Crippen LogP contribution < -0.4 is 11.0 Å². The van der Waals surface area contributed by atoms with E-state index in [4.69, 9.17) is 0 Å². The minimum atomic E-state index is -0.0211. The summed E-state index contributed by atoms with van der Waals surface area (Å²) in [5, 5.41) is 11.0. The number of hydrogen-bond donors (Lipinski definition) is 2. The summed E-state index contributed by atoms with van der Waals surface area (Å²) in [6.45, 7) is 0. The van der Waals surface area contributed by atoms with E-state index in [1.54, 1.807) is 0 Å². The Morgan fingerprint density at radius 2 is 1.41 bits per heavy atom. The van der Waals surface area contributed by atoms with Crippen LogP contribution in [0.2, 0.25) is 0 Å². The summed E-state index contributed by atoms with van der Waals surface area (Å²) in [5.74, 6) is 0.575. The standard InChI is InChI=1S/C13H14N2O.C13H12N2O/c2*16-13-11-8-4-7-10(11)12(14-15-13)9-5-2-1-3-6-9/h1-3,5-6,10-11H,4,7-8H2,(H,15,16);1-3,5-6H,4,7-8H2,(H,15,16)/t10-,11+;/m0./s1. The predicted molar refractivity (Wildman–Crippen MR) is 124 cm³/mol. The van der Waals surface area contributed by atoms with Gasteiger partial charge in [0.25, 0.3) is 5.56 Å². The fourth-order valence-corrected chi connectivity index (χ4v) is 5.10. The highest BCUT2D eigenvalue weighted by Gasteiger charge is 2.39. The van der Waals surface area contributed by atoms with E-state index in [1.165, 1.54) is 0 Å². The van der Waals surface area contributed by atoms with Crippen molar-refractivity contribution >= 4 is 11.6 Å². The van der Waals surface area contributed by atoms with Crippen LogP contribution in [0.5, 0.6) is 0 Å². The van der Waals surface area contributed by atoms with Gasteiger partial charge in [0.2, 0.25) is 5.91 Å². The van der Waals surface area contributed by atoms with E-state index in [1.807, 2.05) is 48.5 Å². The van der Waals surface area contributed by atoms with Crippen molar-refractivity contribution in [3.05, 3.63) is 87.7 Å². The van der Waals surface area contributed by atoms with Gasteiger partial charge in [-0.25, -0.2) is 10.5 Å². The molecule has 1 aromatic heterocycles. The third-order valence-corrected chi connectivity index (χ3v) is 6.65. The zero-order valence-corrected chi connectivity index (χ0v) is 17.9. The fourth-order valence-electron chi connectivity index (χ4n) is 5.10. The first-order valence-corrected chi connectivity index (χ1v) is 11.3. The maximum absolute atomic E-state index is 11.6. The number of nitrogens with zero attached hydrogens (tertiary/aromatic N) is 2. The third-order valence-electron chi connectivity index (χ3n) is 6.65. The van der Waals surface area contributed by atoms with E-state index in [-0.39, 0.29) is 17.4 Å². The highest BCUT2D eigenvalue weighted by molar-refractivity contribution is 6.06. The summed E-state index contributed by atoms with van der Waals surface area (Å²) in [6.07, 6.45) is 6.14. The summed E-state index contributed by atoms with van der Waals surface area (Å²) in [4.78, 5) is 23.2. The van der Waals surface area contributed by atoms with Crippen molar-refractivity contribution in [1.29, 1.82) is 0 Å². The van der Waals surface area contributed by atoms with E-state index in [0.717, 1.165) is 72.2 Å². The Morgan fingerprint density at radius 3 is 2.16 bits per heavy atom. The number of amides is 1. The number of aromatic nitrogens is 2. The molecular formula is C26H26N4O2. The van der Waals surface area contributed by atoms with Gasteiger partial charge in [0.1, 0.15) is 0 Å². The number of hydrazone groups is 1. The molecule has 6 rings (SSSR count). The number of carbonyl (C=O) groups excluding carboxylic acids is 1. The molecule has 1 fully saturated rings. The lowest BCUT2D eigenvalue weighted by Gasteiger charge is -2.24. The molecule has 1 saturated carbocycles. The molecule has 2 aromatic carbocycles. The Bertz CT molecular complexity index is 1200. The van der Waals surface area contributed by atoms with Crippen molar-refractivity contribution in [2.45, 2.75) is 38.5 Å². The molecule has 2 heterocycles. The van der Waals surface area contributed by atoms with Crippen molar-refractivity contribution in [2.75, 3.05) is 0 Å². The van der Waals surface area contributed by atoms with Gasteiger partial charge in [-0.15, -0.1) is 0 Å². The third kappa shape index (κ3) is 3.88. The smallest absolute Gasteiger partial charge is 0.267 e. The second-order valence-electron chi connectivity index (χ2n) is 8.56. The lowest BCUT2D eigenvalue weighted by molar-refractivity contribution is -0.125. The molecule has 1 aliphatic heterocycles. The zero-order valence-electron chi connectivity index (χ0n) is 17.9. The molecule has 2 atom stereocenters. The lowest BCUT2D eigenvalue weighted by Crippen LogP contribution is -2.39. The molecule has 0 saturated heterocycles. The topological polar surface area (TPSA) is 87.2 Å². The van der Waals surface area contributed by atoms with Gasteiger partial charge < -0.3 is 0 Å². The average molecular weight is 427 g/mol. The largest absolute Gasteiger partial charge is 0.273 e. The number of fused-ring (bicyclic) bond motifs is 2. The minimum absolute atomic E-state index is 0.0211. The van der Waals surface area contributed by atoms with Gasteiger partial charge >= 0.3 is 0 Å². The summed E-state index contributed by atoms with van der Waals surface area (Å²) in [5.41, 5.74) is 8.90. The minimum Gasteiger partial charge on any atom is -0.273 e. The average Bonchev–Trinajstić information content (AvgIpc) is 3.53. The Balaban J connectivity index is 0.000000135. The summed E-state index contributed by atoms with van der Waals surface area (Å²) < 4.78 is 0. The van der Waals surface area contributed by atoms with Crippen molar-refractivity contribution in [1.82, 2.24) is 15.6 Å². The van der Waals surface area contributed by atoms with Gasteiger partial charge in [-0.05, 0) is 43.2 Å². The van der Waals surface area contributed by atoms with E-state index in [2.05, 4.69) is 32.9 Å². The molecule has 6 heteroatoms. The first-order chi connectivity index (χ1) is 15.7. The van der Waals surface area contributed by atoms with Crippen LogP contribution in [0.25, 0.3) is 11.3 Å². The molecule has 2 N–H and O–H groups in total. The maximum Gasteiger partial charge on any atom is 0.267 e. The van der Waals surface area contributed by atoms with Crippen LogP contribution >= 0.6 is 0 Å². The van der Waals surface area contributed by atoms with Gasteiger partial charge in [-0.3, -0.25) is 9.59 Å². The fraction of sp³-hybridized carbons (Fsp3) is 0.308. The number of nitrogens with one attached hydrogen (secondary N) is 2. The number of benzene rings is 2. The van der Waals surface area contributed by atoms with Crippen LogP contribution in [0.1, 0.15) is 42.4 Å². The molecule has 3 aliphatic rings. The van der Waals surface area contributed by atoms with E-state index in [9.17, 15) is 9.59 Å². The quantitative estimate of drug-likeness (QED) is 0.652. The van der Waals surface area contributed by atoms with E-state index >= 15 is 0 Å². The molecule has 6 nitrogen and oxygen atoms in total. The summed E-state index contributed by atoms with van der Waals surface area (Å²) in [6, 6.07) is 20.2. The Labute approximate surface area is 186 Å². The number of H-pyrrole nitrogens is 1. The highest BCUT2D eigenvalue weighted by atomic mass is 16.2. The number of rotatable bonds is 2. The van der Waals surface area contributed by atoms with Crippen molar-refractivity contribution in [3.8, 4) is 11.3 Å². The zero-order chi connectivity index (χ0) is 21.9. The van der Waals surface area contributed by atoms with Crippen LogP contribution in [0, 0.1) is 11.8 Å². The van der Waals surface area contributed by atoms with Crippen molar-refractivity contribution < 1.29 is 4.79 Å². The molecule has 0 unspecified atom stereocenters. The molecule has 0 radical (unpaired) electrons. The highest BCUT2D eigenvalue weighted by Crippen LogP contribution is 2.36. The molecule has 0 bridgehead atoms. The van der Waals surface area contributed by atoms with Gasteiger partial charge in [0.05, 0.1) is 11.4 Å². The van der Waals surface area contributed by atoms with Crippen LogP contribution in [0.3, 0.4) is 0 Å². The van der Waals surface area contributed by atoms with Crippen LogP contribution in [-0.2, 0) is 17.6 Å². The lowest BCUT2D eigenvalue weighted by atomic mass is 9.86. The monoisotopic (exact) mass is 426 g/mol. The predicted octanol–water partition coefficient (Wildman–Crippen LogP) is 3.86. The van der Waals surface area contributed by atoms with Gasteiger partial charge in [0.15, 0.2) is 0 Å². The van der Waals surface area contributed by atoms with Crippen LogP contribution in [0.15, 0.2) is 70.6 Å². The van der Waals surface area contributed by atoms with E-state index < -0.39 is 0 Å². The normalized spacial score (nSPS) is 21.0. The van der Waals surface area contributed by atoms with Gasteiger partial charge in [0, 0.05) is 23.0 Å². The van der Waals surface area contributed by atoms with Crippen molar-refractivity contribution in [3.63, 3.8) is 0 Å².